The van der Waals surface area contributed by atoms with Gasteiger partial charge >= 0.3 is 0 Å². The first-order valence-corrected chi connectivity index (χ1v) is 7.15. The summed E-state index contributed by atoms with van der Waals surface area (Å²) in [6.45, 7) is 0. The number of nitrogens with zero attached hydrogens (tertiary/aromatic N) is 1. The number of benzene rings is 2. The molecule has 22 heavy (non-hydrogen) atoms. The lowest BCUT2D eigenvalue weighted by Crippen LogP contribution is -2.22. The highest BCUT2D eigenvalue weighted by molar-refractivity contribution is 5.79. The molecule has 104 valence electrons. The van der Waals surface area contributed by atoms with Crippen LogP contribution in [0, 0.1) is 11.8 Å². The Labute approximate surface area is 129 Å². The van der Waals surface area contributed by atoms with E-state index >= 15 is 0 Å². The normalized spacial score (nSPS) is 18.0. The van der Waals surface area contributed by atoms with Gasteiger partial charge in [0.25, 0.3) is 0 Å². The SMILES string of the molecule is O[C@@]1(C#Cc2ccccc2)c2ccccc2-c2ncccc21. The zero-order valence-corrected chi connectivity index (χ0v) is 11.8. The number of rotatable bonds is 0. The molecule has 0 spiro atoms. The number of hydrogen-bond donors (Lipinski definition) is 1. The van der Waals surface area contributed by atoms with Gasteiger partial charge in [0, 0.05) is 28.5 Å². The minimum absolute atomic E-state index is 0.750. The third-order valence-corrected chi connectivity index (χ3v) is 3.93. The summed E-state index contributed by atoms with van der Waals surface area (Å²) in [5.74, 6) is 6.13. The van der Waals surface area contributed by atoms with Crippen molar-refractivity contribution in [1.29, 1.82) is 0 Å². The summed E-state index contributed by atoms with van der Waals surface area (Å²) < 4.78 is 0. The molecule has 3 aromatic rings. The van der Waals surface area contributed by atoms with Crippen LogP contribution in [0.1, 0.15) is 16.7 Å². The molecule has 0 radical (unpaired) electrons. The van der Waals surface area contributed by atoms with Crippen LogP contribution >= 0.6 is 0 Å². The van der Waals surface area contributed by atoms with Crippen molar-refractivity contribution < 1.29 is 5.11 Å². The van der Waals surface area contributed by atoms with E-state index in [1.165, 1.54) is 0 Å². The van der Waals surface area contributed by atoms with Crippen LogP contribution in [-0.2, 0) is 5.60 Å². The molecule has 0 amide bonds. The molecule has 0 fully saturated rings. The van der Waals surface area contributed by atoms with Crippen molar-refractivity contribution in [3.05, 3.63) is 89.6 Å². The maximum Gasteiger partial charge on any atom is 0.180 e. The van der Waals surface area contributed by atoms with Crippen LogP contribution in [0.2, 0.25) is 0 Å². The van der Waals surface area contributed by atoms with Crippen LogP contribution in [0.25, 0.3) is 11.3 Å². The maximum atomic E-state index is 11.2. The first-order chi connectivity index (χ1) is 10.8. The Morgan fingerprint density at radius 3 is 2.41 bits per heavy atom. The van der Waals surface area contributed by atoms with Crippen molar-refractivity contribution in [2.24, 2.45) is 0 Å². The lowest BCUT2D eigenvalue weighted by Gasteiger charge is -2.18. The van der Waals surface area contributed by atoms with Crippen LogP contribution in [0.15, 0.2) is 72.9 Å². The Balaban J connectivity index is 1.93. The van der Waals surface area contributed by atoms with E-state index in [2.05, 4.69) is 16.8 Å². The highest BCUT2D eigenvalue weighted by atomic mass is 16.3. The topological polar surface area (TPSA) is 33.1 Å². The molecule has 0 aliphatic heterocycles. The smallest absolute Gasteiger partial charge is 0.180 e. The molecule has 2 nitrogen and oxygen atoms in total. The van der Waals surface area contributed by atoms with Gasteiger partial charge in [0.05, 0.1) is 5.69 Å². The average Bonchev–Trinajstić information content (AvgIpc) is 2.85. The van der Waals surface area contributed by atoms with Crippen LogP contribution < -0.4 is 0 Å². The fourth-order valence-electron chi connectivity index (χ4n) is 2.88. The Kier molecular flexibility index (Phi) is 2.82. The van der Waals surface area contributed by atoms with Crippen molar-refractivity contribution >= 4 is 0 Å². The molecule has 1 atom stereocenters. The lowest BCUT2D eigenvalue weighted by molar-refractivity contribution is 0.150. The van der Waals surface area contributed by atoms with E-state index in [1.54, 1.807) is 6.20 Å². The zero-order chi connectivity index (χ0) is 15.0. The molecule has 0 saturated carbocycles. The predicted molar refractivity (Wildman–Crippen MR) is 86.0 cm³/mol. The van der Waals surface area contributed by atoms with E-state index in [4.69, 9.17) is 0 Å². The number of pyridine rings is 1. The molecule has 1 aliphatic rings. The highest BCUT2D eigenvalue weighted by Crippen LogP contribution is 2.45. The molecular formula is C20H13NO. The van der Waals surface area contributed by atoms with Crippen LogP contribution in [-0.4, -0.2) is 10.1 Å². The van der Waals surface area contributed by atoms with Gasteiger partial charge in [-0.1, -0.05) is 60.4 Å². The van der Waals surface area contributed by atoms with Crippen molar-refractivity contribution in [3.63, 3.8) is 0 Å². The number of fused-ring (bicyclic) bond motifs is 3. The fraction of sp³-hybridized carbons (Fsp3) is 0.0500. The molecule has 2 aromatic carbocycles. The quantitative estimate of drug-likeness (QED) is 0.642. The standard InChI is InChI=1S/C20H13NO/c22-20(13-12-15-7-2-1-3-8-15)17-10-5-4-9-16(17)19-18(20)11-6-14-21-19/h1-11,14,22H/t20-/m0/s1. The first-order valence-electron chi connectivity index (χ1n) is 7.15. The molecule has 1 aliphatic carbocycles. The van der Waals surface area contributed by atoms with E-state index in [1.807, 2.05) is 66.7 Å². The van der Waals surface area contributed by atoms with E-state index in [-0.39, 0.29) is 0 Å². The van der Waals surface area contributed by atoms with Crippen LogP contribution in [0.4, 0.5) is 0 Å². The minimum atomic E-state index is -1.31. The Bertz CT molecular complexity index is 858. The zero-order valence-electron chi connectivity index (χ0n) is 11.8. The average molecular weight is 283 g/mol. The lowest BCUT2D eigenvalue weighted by atomic mass is 9.92. The van der Waals surface area contributed by atoms with Gasteiger partial charge in [-0.2, -0.15) is 0 Å². The van der Waals surface area contributed by atoms with Crippen molar-refractivity contribution in [1.82, 2.24) is 4.98 Å². The summed E-state index contributed by atoms with van der Waals surface area (Å²) in [4.78, 5) is 4.42. The molecule has 0 unspecified atom stereocenters. The van der Waals surface area contributed by atoms with E-state index in [9.17, 15) is 5.11 Å². The fourth-order valence-corrected chi connectivity index (χ4v) is 2.88. The summed E-state index contributed by atoms with van der Waals surface area (Å²) in [5.41, 5.74) is 2.87. The maximum absolute atomic E-state index is 11.2. The third kappa shape index (κ3) is 1.84. The first kappa shape index (κ1) is 12.8. The van der Waals surface area contributed by atoms with Crippen LogP contribution in [0.3, 0.4) is 0 Å². The van der Waals surface area contributed by atoms with E-state index < -0.39 is 5.60 Å². The number of hydrogen-bond acceptors (Lipinski definition) is 2. The molecular weight excluding hydrogens is 270 g/mol. The van der Waals surface area contributed by atoms with Crippen LogP contribution in [0.5, 0.6) is 0 Å². The van der Waals surface area contributed by atoms with Gasteiger partial charge in [0.2, 0.25) is 0 Å². The third-order valence-electron chi connectivity index (χ3n) is 3.93. The van der Waals surface area contributed by atoms with Gasteiger partial charge in [-0.05, 0) is 18.2 Å². The summed E-state index contributed by atoms with van der Waals surface area (Å²) >= 11 is 0. The number of aromatic nitrogens is 1. The van der Waals surface area contributed by atoms with Gasteiger partial charge in [0.1, 0.15) is 0 Å². The van der Waals surface area contributed by atoms with E-state index in [0.29, 0.717) is 0 Å². The second-order valence-corrected chi connectivity index (χ2v) is 5.27. The summed E-state index contributed by atoms with van der Waals surface area (Å²) in [5, 5.41) is 11.2. The van der Waals surface area contributed by atoms with Gasteiger partial charge < -0.3 is 5.11 Å². The summed E-state index contributed by atoms with van der Waals surface area (Å²) in [6.07, 6.45) is 1.74. The van der Waals surface area contributed by atoms with Gasteiger partial charge in [-0.25, -0.2) is 0 Å². The summed E-state index contributed by atoms with van der Waals surface area (Å²) in [6, 6.07) is 21.2. The van der Waals surface area contributed by atoms with Crippen molar-refractivity contribution in [2.75, 3.05) is 0 Å². The van der Waals surface area contributed by atoms with Gasteiger partial charge in [-0.15, -0.1) is 0 Å². The number of aliphatic hydroxyl groups is 1. The van der Waals surface area contributed by atoms with E-state index in [0.717, 1.165) is 27.9 Å². The largest absolute Gasteiger partial charge is 0.369 e. The highest BCUT2D eigenvalue weighted by Gasteiger charge is 2.41. The van der Waals surface area contributed by atoms with Gasteiger partial charge in [-0.3, -0.25) is 4.98 Å². The minimum Gasteiger partial charge on any atom is -0.369 e. The Morgan fingerprint density at radius 2 is 1.55 bits per heavy atom. The Morgan fingerprint density at radius 1 is 0.818 bits per heavy atom. The monoisotopic (exact) mass is 283 g/mol. The molecule has 0 bridgehead atoms. The van der Waals surface area contributed by atoms with Gasteiger partial charge in [0.15, 0.2) is 5.60 Å². The van der Waals surface area contributed by atoms with Crippen molar-refractivity contribution in [3.8, 4) is 23.1 Å². The second-order valence-electron chi connectivity index (χ2n) is 5.27. The molecule has 0 saturated heterocycles. The molecule has 1 N–H and O–H groups in total. The molecule has 4 rings (SSSR count). The molecule has 1 aromatic heterocycles. The molecule has 2 heteroatoms. The second kappa shape index (κ2) is 4.84. The predicted octanol–water partition coefficient (Wildman–Crippen LogP) is 3.35. The summed E-state index contributed by atoms with van der Waals surface area (Å²) in [7, 11) is 0. The molecule has 1 heterocycles. The van der Waals surface area contributed by atoms with Crippen molar-refractivity contribution in [2.45, 2.75) is 5.60 Å². The Hall–Kier alpha value is -2.89.